The molecule has 2 aromatic heterocycles. The van der Waals surface area contributed by atoms with Crippen molar-refractivity contribution in [3.8, 4) is 11.8 Å². The van der Waals surface area contributed by atoms with Crippen LogP contribution >= 0.6 is 22.9 Å². The maximum absolute atomic E-state index is 9.40. The summed E-state index contributed by atoms with van der Waals surface area (Å²) in [5.74, 6) is 1.46. The first-order valence-electron chi connectivity index (χ1n) is 6.93. The predicted molar refractivity (Wildman–Crippen MR) is 92.3 cm³/mol. The summed E-state index contributed by atoms with van der Waals surface area (Å²) in [6, 6.07) is 9.82. The normalized spacial score (nSPS) is 10.5. The SMILES string of the molecule is COc1cccc2c(CCNc3cc(Cl)ncn3)c(C#N)sc12. The maximum Gasteiger partial charge on any atom is 0.136 e. The van der Waals surface area contributed by atoms with Crippen molar-refractivity contribution in [1.82, 2.24) is 9.97 Å². The number of nitriles is 1. The number of nitrogens with zero attached hydrogens (tertiary/aromatic N) is 3. The third-order valence-electron chi connectivity index (χ3n) is 3.42. The first-order chi connectivity index (χ1) is 11.2. The zero-order chi connectivity index (χ0) is 16.2. The van der Waals surface area contributed by atoms with E-state index in [2.05, 4.69) is 21.4 Å². The maximum atomic E-state index is 9.40. The molecular formula is C16H13ClN4OS. The molecule has 0 saturated carbocycles. The van der Waals surface area contributed by atoms with Crippen molar-refractivity contribution in [3.05, 3.63) is 46.2 Å². The van der Waals surface area contributed by atoms with Gasteiger partial charge in [0.15, 0.2) is 0 Å². The second-order valence-electron chi connectivity index (χ2n) is 4.76. The molecule has 23 heavy (non-hydrogen) atoms. The first-order valence-corrected chi connectivity index (χ1v) is 8.12. The lowest BCUT2D eigenvalue weighted by molar-refractivity contribution is 0.420. The summed E-state index contributed by atoms with van der Waals surface area (Å²) in [4.78, 5) is 8.66. The highest BCUT2D eigenvalue weighted by Gasteiger charge is 2.14. The molecule has 1 N–H and O–H groups in total. The van der Waals surface area contributed by atoms with E-state index < -0.39 is 0 Å². The molecule has 116 valence electrons. The summed E-state index contributed by atoms with van der Waals surface area (Å²) >= 11 is 7.30. The fourth-order valence-corrected chi connectivity index (χ4v) is 3.67. The lowest BCUT2D eigenvalue weighted by atomic mass is 10.1. The van der Waals surface area contributed by atoms with Crippen molar-refractivity contribution >= 4 is 38.8 Å². The quantitative estimate of drug-likeness (QED) is 0.711. The third kappa shape index (κ3) is 3.21. The summed E-state index contributed by atoms with van der Waals surface area (Å²) in [7, 11) is 1.64. The van der Waals surface area contributed by atoms with Crippen LogP contribution in [0.25, 0.3) is 10.1 Å². The number of fused-ring (bicyclic) bond motifs is 1. The van der Waals surface area contributed by atoms with Crippen molar-refractivity contribution in [2.45, 2.75) is 6.42 Å². The third-order valence-corrected chi connectivity index (χ3v) is 4.79. The van der Waals surface area contributed by atoms with Crippen molar-refractivity contribution in [2.75, 3.05) is 19.0 Å². The lowest BCUT2D eigenvalue weighted by Crippen LogP contribution is -2.06. The van der Waals surface area contributed by atoms with Crippen LogP contribution in [0.2, 0.25) is 5.15 Å². The van der Waals surface area contributed by atoms with Crippen molar-refractivity contribution in [1.29, 1.82) is 5.26 Å². The molecule has 0 aliphatic heterocycles. The first kappa shape index (κ1) is 15.5. The molecule has 0 spiro atoms. The van der Waals surface area contributed by atoms with E-state index in [4.69, 9.17) is 16.3 Å². The van der Waals surface area contributed by atoms with Gasteiger partial charge in [0.25, 0.3) is 0 Å². The molecule has 2 heterocycles. The van der Waals surface area contributed by atoms with Crippen LogP contribution in [0.15, 0.2) is 30.6 Å². The van der Waals surface area contributed by atoms with Gasteiger partial charge in [0.2, 0.25) is 0 Å². The molecule has 1 aromatic carbocycles. The van der Waals surface area contributed by atoms with Crippen LogP contribution in [0.4, 0.5) is 5.82 Å². The van der Waals surface area contributed by atoms with Gasteiger partial charge in [0.05, 0.1) is 11.8 Å². The standard InChI is InChI=1S/C16H13ClN4OS/c1-22-12-4-2-3-11-10(13(8-18)23-16(11)12)5-6-19-15-7-14(17)20-9-21-15/h2-4,7,9H,5-6H2,1H3,(H,19,20,21). The van der Waals surface area contributed by atoms with Gasteiger partial charge in [-0.05, 0) is 18.1 Å². The summed E-state index contributed by atoms with van der Waals surface area (Å²) < 4.78 is 6.39. The van der Waals surface area contributed by atoms with Crippen LogP contribution in [0, 0.1) is 11.3 Å². The Morgan fingerprint density at radius 2 is 2.26 bits per heavy atom. The van der Waals surface area contributed by atoms with Gasteiger partial charge in [0.1, 0.15) is 34.0 Å². The largest absolute Gasteiger partial charge is 0.495 e. The highest BCUT2D eigenvalue weighted by molar-refractivity contribution is 7.20. The average molecular weight is 345 g/mol. The molecule has 0 aliphatic rings. The number of halogens is 1. The van der Waals surface area contributed by atoms with Crippen LogP contribution in [0.5, 0.6) is 5.75 Å². The molecule has 0 radical (unpaired) electrons. The summed E-state index contributed by atoms with van der Waals surface area (Å²) in [5.41, 5.74) is 1.03. The molecule has 0 saturated heterocycles. The van der Waals surface area contributed by atoms with E-state index in [0.717, 1.165) is 21.4 Å². The molecule has 0 aliphatic carbocycles. The van der Waals surface area contributed by atoms with Crippen LogP contribution in [-0.4, -0.2) is 23.6 Å². The Labute approximate surface area is 142 Å². The molecule has 0 fully saturated rings. The molecule has 5 nitrogen and oxygen atoms in total. The number of hydrogen-bond donors (Lipinski definition) is 1. The number of anilines is 1. The summed E-state index contributed by atoms with van der Waals surface area (Å²) in [6.07, 6.45) is 2.12. The zero-order valence-corrected chi connectivity index (χ0v) is 13.9. The van der Waals surface area contributed by atoms with Crippen LogP contribution in [0.3, 0.4) is 0 Å². The van der Waals surface area contributed by atoms with Gasteiger partial charge in [-0.3, -0.25) is 0 Å². The van der Waals surface area contributed by atoms with Crippen molar-refractivity contribution in [2.24, 2.45) is 0 Å². The number of methoxy groups -OCH3 is 1. The van der Waals surface area contributed by atoms with Gasteiger partial charge in [-0.1, -0.05) is 23.7 Å². The van der Waals surface area contributed by atoms with Crippen molar-refractivity contribution in [3.63, 3.8) is 0 Å². The number of hydrogen-bond acceptors (Lipinski definition) is 6. The Bertz CT molecular complexity index is 887. The Morgan fingerprint density at radius 3 is 3.00 bits per heavy atom. The molecule has 3 aromatic rings. The Kier molecular flexibility index (Phi) is 4.60. The van der Waals surface area contributed by atoms with Gasteiger partial charge in [0, 0.05) is 18.0 Å². The van der Waals surface area contributed by atoms with Crippen molar-refractivity contribution < 1.29 is 4.74 Å². The van der Waals surface area contributed by atoms with E-state index in [1.165, 1.54) is 17.7 Å². The highest BCUT2D eigenvalue weighted by atomic mass is 35.5. The molecule has 3 rings (SSSR count). The van der Waals surface area contributed by atoms with Gasteiger partial charge in [-0.25, -0.2) is 9.97 Å². The number of nitrogens with one attached hydrogen (secondary N) is 1. The topological polar surface area (TPSA) is 70.8 Å². The van der Waals surface area contributed by atoms with Gasteiger partial charge < -0.3 is 10.1 Å². The monoisotopic (exact) mass is 344 g/mol. The Morgan fingerprint density at radius 1 is 1.39 bits per heavy atom. The van der Waals surface area contributed by atoms with E-state index in [0.29, 0.717) is 28.8 Å². The van der Waals surface area contributed by atoms with Gasteiger partial charge >= 0.3 is 0 Å². The van der Waals surface area contributed by atoms with Crippen LogP contribution < -0.4 is 10.1 Å². The minimum atomic E-state index is 0.394. The van der Waals surface area contributed by atoms with Crippen LogP contribution in [-0.2, 0) is 6.42 Å². The minimum absolute atomic E-state index is 0.394. The minimum Gasteiger partial charge on any atom is -0.495 e. The summed E-state index contributed by atoms with van der Waals surface area (Å²) in [5, 5.41) is 14.1. The molecule has 7 heteroatoms. The van der Waals surface area contributed by atoms with E-state index in [-0.39, 0.29) is 0 Å². The number of ether oxygens (including phenoxy) is 1. The number of thiophene rings is 1. The number of rotatable bonds is 5. The fourth-order valence-electron chi connectivity index (χ4n) is 2.39. The highest BCUT2D eigenvalue weighted by Crippen LogP contribution is 2.37. The smallest absolute Gasteiger partial charge is 0.136 e. The second kappa shape index (κ2) is 6.82. The lowest BCUT2D eigenvalue weighted by Gasteiger charge is -2.06. The van der Waals surface area contributed by atoms with E-state index in [9.17, 15) is 5.26 Å². The number of aromatic nitrogens is 2. The van der Waals surface area contributed by atoms with Crippen LogP contribution in [0.1, 0.15) is 10.4 Å². The molecule has 0 bridgehead atoms. The van der Waals surface area contributed by atoms with E-state index in [1.807, 2.05) is 18.2 Å². The van der Waals surface area contributed by atoms with E-state index >= 15 is 0 Å². The van der Waals surface area contributed by atoms with Gasteiger partial charge in [-0.15, -0.1) is 11.3 Å². The average Bonchev–Trinajstić information content (AvgIpc) is 2.93. The molecule has 0 atom stereocenters. The Balaban J connectivity index is 1.84. The molecule has 0 unspecified atom stereocenters. The molecule has 0 amide bonds. The second-order valence-corrected chi connectivity index (χ2v) is 6.17. The predicted octanol–water partition coefficient (Wildman–Crippen LogP) is 3.88. The van der Waals surface area contributed by atoms with Gasteiger partial charge in [-0.2, -0.15) is 5.26 Å². The Hall–Kier alpha value is -2.36. The fraction of sp³-hybridized carbons (Fsp3) is 0.188. The zero-order valence-electron chi connectivity index (χ0n) is 12.3. The molecular weight excluding hydrogens is 332 g/mol. The summed E-state index contributed by atoms with van der Waals surface area (Å²) in [6.45, 7) is 0.644. The van der Waals surface area contributed by atoms with E-state index in [1.54, 1.807) is 13.2 Å². The number of benzene rings is 1.